The Kier molecular flexibility index (Phi) is 6.84. The van der Waals surface area contributed by atoms with E-state index >= 15 is 0 Å². The Morgan fingerprint density at radius 3 is 2.60 bits per heavy atom. The molecular formula is C23H27N3O4. The zero-order chi connectivity index (χ0) is 21.7. The SMILES string of the molecule is Cc1cccc(NC(=O)CN(C)C(=O)c2cccc(NC(=O)[C@H]3CCCO3)c2)c1C. The number of hydrogen-bond acceptors (Lipinski definition) is 4. The van der Waals surface area contributed by atoms with E-state index in [2.05, 4.69) is 10.6 Å². The Hall–Kier alpha value is -3.19. The van der Waals surface area contributed by atoms with E-state index in [1.54, 1.807) is 31.3 Å². The lowest BCUT2D eigenvalue weighted by atomic mass is 10.1. The van der Waals surface area contributed by atoms with Gasteiger partial charge in [-0.2, -0.15) is 0 Å². The van der Waals surface area contributed by atoms with Crippen LogP contribution in [0.4, 0.5) is 11.4 Å². The molecule has 1 atom stereocenters. The van der Waals surface area contributed by atoms with Gasteiger partial charge in [-0.15, -0.1) is 0 Å². The normalized spacial score (nSPS) is 15.5. The number of hydrogen-bond donors (Lipinski definition) is 2. The molecule has 2 aromatic carbocycles. The summed E-state index contributed by atoms with van der Waals surface area (Å²) in [6.45, 7) is 4.42. The van der Waals surface area contributed by atoms with Gasteiger partial charge < -0.3 is 20.3 Å². The monoisotopic (exact) mass is 409 g/mol. The lowest BCUT2D eigenvalue weighted by molar-refractivity contribution is -0.124. The van der Waals surface area contributed by atoms with E-state index in [1.807, 2.05) is 32.0 Å². The van der Waals surface area contributed by atoms with Gasteiger partial charge in [0.25, 0.3) is 11.8 Å². The lowest BCUT2D eigenvalue weighted by Gasteiger charge is -2.18. The van der Waals surface area contributed by atoms with Crippen molar-refractivity contribution >= 4 is 29.1 Å². The molecule has 7 heteroatoms. The number of nitrogens with one attached hydrogen (secondary N) is 2. The van der Waals surface area contributed by atoms with Crippen molar-refractivity contribution in [3.63, 3.8) is 0 Å². The number of nitrogens with zero attached hydrogens (tertiary/aromatic N) is 1. The maximum absolute atomic E-state index is 12.8. The summed E-state index contributed by atoms with van der Waals surface area (Å²) in [7, 11) is 1.57. The summed E-state index contributed by atoms with van der Waals surface area (Å²) in [5.74, 6) is -0.792. The lowest BCUT2D eigenvalue weighted by Crippen LogP contribution is -2.35. The van der Waals surface area contributed by atoms with Gasteiger partial charge in [0.1, 0.15) is 6.10 Å². The molecule has 3 amide bonds. The van der Waals surface area contributed by atoms with Gasteiger partial charge in [-0.3, -0.25) is 14.4 Å². The minimum atomic E-state index is -0.444. The fourth-order valence-electron chi connectivity index (χ4n) is 3.32. The Morgan fingerprint density at radius 1 is 1.10 bits per heavy atom. The molecule has 0 radical (unpaired) electrons. The first-order valence-corrected chi connectivity index (χ1v) is 9.99. The third-order valence-corrected chi connectivity index (χ3v) is 5.21. The molecule has 158 valence electrons. The third-order valence-electron chi connectivity index (χ3n) is 5.21. The first kappa shape index (κ1) is 21.5. The standard InChI is InChI=1S/C23H27N3O4/c1-15-7-4-10-19(16(15)2)25-21(27)14-26(3)23(29)17-8-5-9-18(13-17)24-22(28)20-11-6-12-30-20/h4-5,7-10,13,20H,6,11-12,14H2,1-3H3,(H,24,28)(H,25,27)/t20-/m1/s1. The molecule has 1 aliphatic heterocycles. The molecule has 7 nitrogen and oxygen atoms in total. The van der Waals surface area contributed by atoms with Gasteiger partial charge in [-0.1, -0.05) is 18.2 Å². The van der Waals surface area contributed by atoms with Gasteiger partial charge in [-0.25, -0.2) is 0 Å². The van der Waals surface area contributed by atoms with E-state index in [4.69, 9.17) is 4.74 Å². The number of benzene rings is 2. The summed E-state index contributed by atoms with van der Waals surface area (Å²) in [6.07, 6.45) is 1.12. The van der Waals surface area contributed by atoms with Crippen LogP contribution in [-0.4, -0.2) is 48.9 Å². The molecule has 2 aromatic rings. The number of rotatable bonds is 6. The summed E-state index contributed by atoms with van der Waals surface area (Å²) in [5.41, 5.74) is 3.73. The van der Waals surface area contributed by atoms with Crippen LogP contribution in [0, 0.1) is 13.8 Å². The smallest absolute Gasteiger partial charge is 0.254 e. The van der Waals surface area contributed by atoms with Gasteiger partial charge in [0.15, 0.2) is 0 Å². The van der Waals surface area contributed by atoms with Crippen molar-refractivity contribution < 1.29 is 19.1 Å². The average Bonchev–Trinajstić information content (AvgIpc) is 3.26. The van der Waals surface area contributed by atoms with Crippen LogP contribution < -0.4 is 10.6 Å². The van der Waals surface area contributed by atoms with Crippen LogP contribution in [0.3, 0.4) is 0 Å². The first-order valence-electron chi connectivity index (χ1n) is 9.99. The summed E-state index contributed by atoms with van der Waals surface area (Å²) in [6, 6.07) is 12.4. The minimum Gasteiger partial charge on any atom is -0.368 e. The molecular weight excluding hydrogens is 382 g/mol. The van der Waals surface area contributed by atoms with E-state index in [0.717, 1.165) is 23.2 Å². The van der Waals surface area contributed by atoms with E-state index in [9.17, 15) is 14.4 Å². The summed E-state index contributed by atoms with van der Waals surface area (Å²) in [4.78, 5) is 38.7. The Balaban J connectivity index is 1.60. The molecule has 1 heterocycles. The Labute approximate surface area is 176 Å². The zero-order valence-corrected chi connectivity index (χ0v) is 17.5. The van der Waals surface area contributed by atoms with Crippen LogP contribution in [0.15, 0.2) is 42.5 Å². The van der Waals surface area contributed by atoms with Crippen molar-refractivity contribution in [2.45, 2.75) is 32.8 Å². The molecule has 30 heavy (non-hydrogen) atoms. The number of likely N-dealkylation sites (N-methyl/N-ethyl adjacent to an activating group) is 1. The second-order valence-electron chi connectivity index (χ2n) is 7.53. The zero-order valence-electron chi connectivity index (χ0n) is 17.5. The van der Waals surface area contributed by atoms with Crippen LogP contribution >= 0.6 is 0 Å². The summed E-state index contributed by atoms with van der Waals surface area (Å²) >= 11 is 0. The number of carbonyl (C=O) groups is 3. The van der Waals surface area contributed by atoms with E-state index in [1.165, 1.54) is 4.90 Å². The van der Waals surface area contributed by atoms with Gasteiger partial charge in [0.05, 0.1) is 6.54 Å². The highest BCUT2D eigenvalue weighted by atomic mass is 16.5. The maximum Gasteiger partial charge on any atom is 0.254 e. The predicted octanol–water partition coefficient (Wildman–Crippen LogP) is 3.13. The van der Waals surface area contributed by atoms with Gasteiger partial charge in [0, 0.05) is 30.6 Å². The number of aryl methyl sites for hydroxylation is 1. The molecule has 3 rings (SSSR count). The van der Waals surface area contributed by atoms with E-state index < -0.39 is 6.10 Å². The van der Waals surface area contributed by atoms with Crippen molar-refractivity contribution in [2.75, 3.05) is 30.8 Å². The first-order chi connectivity index (χ1) is 14.3. The van der Waals surface area contributed by atoms with Crippen molar-refractivity contribution in [3.8, 4) is 0 Å². The van der Waals surface area contributed by atoms with Gasteiger partial charge >= 0.3 is 0 Å². The number of amides is 3. The second kappa shape index (κ2) is 9.54. The van der Waals surface area contributed by atoms with Crippen LogP contribution in [0.1, 0.15) is 34.3 Å². The average molecular weight is 409 g/mol. The number of anilines is 2. The van der Waals surface area contributed by atoms with Crippen LogP contribution in [0.2, 0.25) is 0 Å². The topological polar surface area (TPSA) is 87.7 Å². The van der Waals surface area contributed by atoms with Crippen LogP contribution in [0.5, 0.6) is 0 Å². The summed E-state index contributed by atoms with van der Waals surface area (Å²) < 4.78 is 5.38. The molecule has 0 bridgehead atoms. The van der Waals surface area contributed by atoms with Crippen LogP contribution in [0.25, 0.3) is 0 Å². The summed E-state index contributed by atoms with van der Waals surface area (Å²) in [5, 5.41) is 5.64. The fraction of sp³-hybridized carbons (Fsp3) is 0.348. The van der Waals surface area contributed by atoms with Gasteiger partial charge in [0.2, 0.25) is 5.91 Å². The van der Waals surface area contributed by atoms with Crippen molar-refractivity contribution in [2.24, 2.45) is 0 Å². The highest BCUT2D eigenvalue weighted by Gasteiger charge is 2.24. The highest BCUT2D eigenvalue weighted by Crippen LogP contribution is 2.19. The Morgan fingerprint density at radius 2 is 1.87 bits per heavy atom. The minimum absolute atomic E-state index is 0.0846. The maximum atomic E-state index is 12.8. The van der Waals surface area contributed by atoms with E-state index in [-0.39, 0.29) is 24.3 Å². The van der Waals surface area contributed by atoms with Crippen molar-refractivity contribution in [3.05, 3.63) is 59.2 Å². The Bertz CT molecular complexity index is 951. The van der Waals surface area contributed by atoms with Gasteiger partial charge in [-0.05, 0) is 62.1 Å². The third kappa shape index (κ3) is 5.24. The molecule has 1 fully saturated rings. The quantitative estimate of drug-likeness (QED) is 0.767. The molecule has 0 aromatic heterocycles. The van der Waals surface area contributed by atoms with E-state index in [0.29, 0.717) is 24.3 Å². The molecule has 0 aliphatic carbocycles. The number of carbonyl (C=O) groups excluding carboxylic acids is 3. The largest absolute Gasteiger partial charge is 0.368 e. The van der Waals surface area contributed by atoms with Crippen LogP contribution in [-0.2, 0) is 14.3 Å². The second-order valence-corrected chi connectivity index (χ2v) is 7.53. The highest BCUT2D eigenvalue weighted by molar-refractivity contribution is 6.01. The molecule has 1 aliphatic rings. The predicted molar refractivity (Wildman–Crippen MR) is 116 cm³/mol. The molecule has 1 saturated heterocycles. The molecule has 0 saturated carbocycles. The van der Waals surface area contributed by atoms with Crippen molar-refractivity contribution in [1.29, 1.82) is 0 Å². The number of ether oxygens (including phenoxy) is 1. The van der Waals surface area contributed by atoms with Crippen molar-refractivity contribution in [1.82, 2.24) is 4.90 Å². The molecule has 2 N–H and O–H groups in total. The molecule has 0 unspecified atom stereocenters. The fourth-order valence-corrected chi connectivity index (χ4v) is 3.32. The molecule has 0 spiro atoms.